The van der Waals surface area contributed by atoms with E-state index in [4.69, 9.17) is 5.73 Å². The Morgan fingerprint density at radius 3 is 2.60 bits per heavy atom. The van der Waals surface area contributed by atoms with Gasteiger partial charge < -0.3 is 5.73 Å². The van der Waals surface area contributed by atoms with Crippen LogP contribution < -0.4 is 5.73 Å². The van der Waals surface area contributed by atoms with Crippen molar-refractivity contribution in [3.8, 4) is 0 Å². The number of alkyl halides is 3. The van der Waals surface area contributed by atoms with Crippen LogP contribution in [0.25, 0.3) is 10.9 Å². The Morgan fingerprint density at radius 1 is 1.33 bits per heavy atom. The van der Waals surface area contributed by atoms with Crippen LogP contribution in [0.4, 0.5) is 18.9 Å². The molecule has 0 amide bonds. The molecule has 0 unspecified atom stereocenters. The van der Waals surface area contributed by atoms with Crippen LogP contribution in [0.2, 0.25) is 0 Å². The molecule has 0 radical (unpaired) electrons. The summed E-state index contributed by atoms with van der Waals surface area (Å²) in [5, 5.41) is 4.17. The molecule has 0 aliphatic heterocycles. The van der Waals surface area contributed by atoms with Crippen molar-refractivity contribution in [2.24, 2.45) is 7.05 Å². The minimum Gasteiger partial charge on any atom is -0.399 e. The van der Waals surface area contributed by atoms with Crippen molar-refractivity contribution < 1.29 is 13.2 Å². The van der Waals surface area contributed by atoms with Gasteiger partial charge in [-0.15, -0.1) is 0 Å². The number of hydrogen-bond acceptors (Lipinski definition) is 2. The summed E-state index contributed by atoms with van der Waals surface area (Å²) >= 11 is 0. The van der Waals surface area contributed by atoms with Gasteiger partial charge >= 0.3 is 6.18 Å². The topological polar surface area (TPSA) is 43.8 Å². The van der Waals surface area contributed by atoms with Crippen molar-refractivity contribution in [1.82, 2.24) is 9.78 Å². The molecule has 1 heterocycles. The van der Waals surface area contributed by atoms with E-state index in [-0.39, 0.29) is 11.2 Å². The van der Waals surface area contributed by atoms with Gasteiger partial charge in [0, 0.05) is 18.1 Å². The van der Waals surface area contributed by atoms with Gasteiger partial charge in [0.05, 0.1) is 17.3 Å². The molecule has 2 aromatic rings. The van der Waals surface area contributed by atoms with Crippen LogP contribution in [0.3, 0.4) is 0 Å². The number of nitrogens with two attached hydrogens (primary N) is 1. The minimum atomic E-state index is -4.42. The highest BCUT2D eigenvalue weighted by Crippen LogP contribution is 2.35. The van der Waals surface area contributed by atoms with E-state index in [0.29, 0.717) is 5.39 Å². The largest absolute Gasteiger partial charge is 0.418 e. The Morgan fingerprint density at radius 2 is 2.00 bits per heavy atom. The molecule has 0 bridgehead atoms. The van der Waals surface area contributed by atoms with Crippen molar-refractivity contribution >= 4 is 16.6 Å². The first-order valence-corrected chi connectivity index (χ1v) is 4.18. The Kier molecular flexibility index (Phi) is 1.89. The summed E-state index contributed by atoms with van der Waals surface area (Å²) in [5.74, 6) is 0. The lowest BCUT2D eigenvalue weighted by Crippen LogP contribution is -2.08. The highest BCUT2D eigenvalue weighted by atomic mass is 19.4. The van der Waals surface area contributed by atoms with E-state index in [9.17, 15) is 13.2 Å². The van der Waals surface area contributed by atoms with Crippen molar-refractivity contribution in [3.05, 3.63) is 23.9 Å². The molecule has 1 aromatic carbocycles. The standard InChI is InChI=1S/C9H8F3N3/c1-15-8-5(4-14-15)2-6(13)3-7(8)9(10,11)12/h2-4H,13H2,1H3. The zero-order chi connectivity index (χ0) is 11.2. The molecule has 80 valence electrons. The van der Waals surface area contributed by atoms with Gasteiger partial charge in [0.15, 0.2) is 0 Å². The molecule has 2 rings (SSSR count). The van der Waals surface area contributed by atoms with E-state index in [1.807, 2.05) is 0 Å². The van der Waals surface area contributed by atoms with Gasteiger partial charge in [0.2, 0.25) is 0 Å². The average Bonchev–Trinajstić information content (AvgIpc) is 2.44. The Bertz CT molecular complexity index is 513. The number of halogens is 3. The van der Waals surface area contributed by atoms with E-state index in [2.05, 4.69) is 5.10 Å². The second-order valence-electron chi connectivity index (χ2n) is 3.27. The molecule has 2 N–H and O–H groups in total. The maximum absolute atomic E-state index is 12.7. The zero-order valence-corrected chi connectivity index (χ0v) is 7.84. The first-order chi connectivity index (χ1) is 6.89. The summed E-state index contributed by atoms with van der Waals surface area (Å²) in [6, 6.07) is 2.39. The summed E-state index contributed by atoms with van der Waals surface area (Å²) in [4.78, 5) is 0. The van der Waals surface area contributed by atoms with Gasteiger partial charge in [-0.3, -0.25) is 4.68 Å². The van der Waals surface area contributed by atoms with Crippen LogP contribution in [-0.2, 0) is 13.2 Å². The summed E-state index contributed by atoms with van der Waals surface area (Å²) in [5.41, 5.74) is 4.78. The number of aromatic nitrogens is 2. The Hall–Kier alpha value is -1.72. The van der Waals surface area contributed by atoms with Crippen molar-refractivity contribution in [2.75, 3.05) is 5.73 Å². The van der Waals surface area contributed by atoms with E-state index in [0.717, 1.165) is 6.07 Å². The van der Waals surface area contributed by atoms with Crippen LogP contribution >= 0.6 is 0 Å². The smallest absolute Gasteiger partial charge is 0.399 e. The highest BCUT2D eigenvalue weighted by Gasteiger charge is 2.34. The number of rotatable bonds is 0. The monoisotopic (exact) mass is 215 g/mol. The number of hydrogen-bond donors (Lipinski definition) is 1. The summed E-state index contributed by atoms with van der Waals surface area (Å²) in [6.07, 6.45) is -3.05. The Balaban J connectivity index is 2.87. The predicted octanol–water partition coefficient (Wildman–Crippen LogP) is 2.17. The second-order valence-corrected chi connectivity index (χ2v) is 3.27. The molecule has 0 spiro atoms. The first-order valence-electron chi connectivity index (χ1n) is 4.18. The molecule has 0 saturated heterocycles. The van der Waals surface area contributed by atoms with E-state index in [1.54, 1.807) is 0 Å². The van der Waals surface area contributed by atoms with Gasteiger partial charge in [0.25, 0.3) is 0 Å². The van der Waals surface area contributed by atoms with Crippen molar-refractivity contribution in [2.45, 2.75) is 6.18 Å². The van der Waals surface area contributed by atoms with Gasteiger partial charge in [-0.2, -0.15) is 18.3 Å². The molecule has 0 aliphatic carbocycles. The van der Waals surface area contributed by atoms with Crippen LogP contribution in [0.5, 0.6) is 0 Å². The lowest BCUT2D eigenvalue weighted by atomic mass is 10.1. The number of fused-ring (bicyclic) bond motifs is 1. The van der Waals surface area contributed by atoms with E-state index in [1.165, 1.54) is 24.0 Å². The van der Waals surface area contributed by atoms with Gasteiger partial charge in [-0.25, -0.2) is 0 Å². The number of aryl methyl sites for hydroxylation is 1. The number of nitrogens with zero attached hydrogens (tertiary/aromatic N) is 2. The van der Waals surface area contributed by atoms with Crippen LogP contribution in [-0.4, -0.2) is 9.78 Å². The lowest BCUT2D eigenvalue weighted by molar-refractivity contribution is -0.136. The summed E-state index contributed by atoms with van der Waals surface area (Å²) in [7, 11) is 1.47. The van der Waals surface area contributed by atoms with Gasteiger partial charge in [-0.1, -0.05) is 0 Å². The summed E-state index contributed by atoms with van der Waals surface area (Å²) in [6.45, 7) is 0. The third kappa shape index (κ3) is 1.51. The van der Waals surface area contributed by atoms with Crippen LogP contribution in [0, 0.1) is 0 Å². The van der Waals surface area contributed by atoms with Gasteiger partial charge in [0.1, 0.15) is 0 Å². The normalized spacial score (nSPS) is 12.3. The SMILES string of the molecule is Cn1ncc2cc(N)cc(C(F)(F)F)c21. The first kappa shape index (κ1) is 9.82. The third-order valence-electron chi connectivity index (χ3n) is 2.16. The minimum absolute atomic E-state index is 0.0525. The molecule has 1 aromatic heterocycles. The fourth-order valence-electron chi connectivity index (χ4n) is 1.56. The van der Waals surface area contributed by atoms with Crippen molar-refractivity contribution in [3.63, 3.8) is 0 Å². The molecule has 3 nitrogen and oxygen atoms in total. The molecular formula is C9H8F3N3. The lowest BCUT2D eigenvalue weighted by Gasteiger charge is -2.10. The molecule has 15 heavy (non-hydrogen) atoms. The number of nitrogen functional groups attached to an aromatic ring is 1. The molecule has 0 fully saturated rings. The molecule has 0 saturated carbocycles. The zero-order valence-electron chi connectivity index (χ0n) is 7.84. The molecule has 6 heteroatoms. The summed E-state index contributed by atoms with van der Waals surface area (Å²) < 4.78 is 39.2. The maximum Gasteiger partial charge on any atom is 0.418 e. The quantitative estimate of drug-likeness (QED) is 0.684. The van der Waals surface area contributed by atoms with Gasteiger partial charge in [-0.05, 0) is 12.1 Å². The second kappa shape index (κ2) is 2.88. The van der Waals surface area contributed by atoms with Crippen molar-refractivity contribution in [1.29, 1.82) is 0 Å². The molecule has 0 aliphatic rings. The van der Waals surface area contributed by atoms with E-state index < -0.39 is 11.7 Å². The van der Waals surface area contributed by atoms with E-state index >= 15 is 0 Å². The molecular weight excluding hydrogens is 207 g/mol. The molecule has 0 atom stereocenters. The highest BCUT2D eigenvalue weighted by molar-refractivity contribution is 5.85. The fraction of sp³-hybridized carbons (Fsp3) is 0.222. The predicted molar refractivity (Wildman–Crippen MR) is 50.1 cm³/mol. The number of benzene rings is 1. The van der Waals surface area contributed by atoms with Crippen LogP contribution in [0.1, 0.15) is 5.56 Å². The maximum atomic E-state index is 12.7. The fourth-order valence-corrected chi connectivity index (χ4v) is 1.56. The third-order valence-corrected chi connectivity index (χ3v) is 2.16. The average molecular weight is 215 g/mol. The Labute approximate surface area is 83.3 Å². The van der Waals surface area contributed by atoms with Crippen LogP contribution in [0.15, 0.2) is 18.3 Å². The number of anilines is 1.